The molecule has 1 amide bonds. The number of amides is 1. The number of nitrogens with two attached hydrogens (primary N) is 1. The fraction of sp³-hybridized carbons (Fsp3) is 0.0667. The van der Waals surface area contributed by atoms with E-state index in [0.29, 0.717) is 28.3 Å². The van der Waals surface area contributed by atoms with E-state index in [0.717, 1.165) is 0 Å². The van der Waals surface area contributed by atoms with Crippen molar-refractivity contribution in [2.24, 2.45) is 0 Å². The molecule has 0 radical (unpaired) electrons. The lowest BCUT2D eigenvalue weighted by atomic mass is 10.1. The number of carbonyl (C=O) groups is 1. The maximum atomic E-state index is 12.1. The molecule has 2 rings (SSSR count). The van der Waals surface area contributed by atoms with Gasteiger partial charge in [0.1, 0.15) is 17.5 Å². The Hall–Kier alpha value is -3.00. The van der Waals surface area contributed by atoms with Gasteiger partial charge in [0.25, 0.3) is 5.91 Å². The molecule has 20 heavy (non-hydrogen) atoms. The molecule has 100 valence electrons. The molecular formula is C15H13N3O2. The van der Waals surface area contributed by atoms with E-state index >= 15 is 0 Å². The molecule has 0 saturated carbocycles. The SMILES string of the molecule is COc1cccc(C#N)c1NC(=O)c1ccc(N)cc1. The quantitative estimate of drug-likeness (QED) is 0.836. The smallest absolute Gasteiger partial charge is 0.255 e. The van der Waals surface area contributed by atoms with Gasteiger partial charge in [0, 0.05) is 11.3 Å². The molecule has 0 spiro atoms. The van der Waals surface area contributed by atoms with Gasteiger partial charge in [-0.3, -0.25) is 4.79 Å². The molecular weight excluding hydrogens is 254 g/mol. The third-order valence-corrected chi connectivity index (χ3v) is 2.78. The maximum Gasteiger partial charge on any atom is 0.255 e. The second-order valence-electron chi connectivity index (χ2n) is 4.07. The van der Waals surface area contributed by atoms with E-state index in [4.69, 9.17) is 15.7 Å². The molecule has 0 saturated heterocycles. The fourth-order valence-electron chi connectivity index (χ4n) is 1.74. The van der Waals surface area contributed by atoms with Crippen LogP contribution in [-0.4, -0.2) is 13.0 Å². The van der Waals surface area contributed by atoms with Gasteiger partial charge in [-0.1, -0.05) is 6.07 Å². The fourth-order valence-corrected chi connectivity index (χ4v) is 1.74. The zero-order chi connectivity index (χ0) is 14.5. The number of nitriles is 1. The van der Waals surface area contributed by atoms with Crippen molar-refractivity contribution in [3.63, 3.8) is 0 Å². The van der Waals surface area contributed by atoms with Crippen molar-refractivity contribution in [1.29, 1.82) is 5.26 Å². The number of ether oxygens (including phenoxy) is 1. The minimum atomic E-state index is -0.328. The predicted octanol–water partition coefficient (Wildman–Crippen LogP) is 2.40. The van der Waals surface area contributed by atoms with Crippen molar-refractivity contribution in [3.05, 3.63) is 53.6 Å². The largest absolute Gasteiger partial charge is 0.495 e. The number of hydrogen-bond acceptors (Lipinski definition) is 4. The summed E-state index contributed by atoms with van der Waals surface area (Å²) in [6, 6.07) is 13.5. The number of anilines is 2. The molecule has 0 aromatic heterocycles. The summed E-state index contributed by atoms with van der Waals surface area (Å²) in [5.41, 5.74) is 7.31. The van der Waals surface area contributed by atoms with Crippen molar-refractivity contribution >= 4 is 17.3 Å². The highest BCUT2D eigenvalue weighted by Crippen LogP contribution is 2.28. The summed E-state index contributed by atoms with van der Waals surface area (Å²) in [6.07, 6.45) is 0. The Morgan fingerprint density at radius 2 is 1.95 bits per heavy atom. The molecule has 3 N–H and O–H groups in total. The topological polar surface area (TPSA) is 88.1 Å². The molecule has 0 aliphatic rings. The van der Waals surface area contributed by atoms with Crippen LogP contribution in [0, 0.1) is 11.3 Å². The molecule has 2 aromatic carbocycles. The molecule has 5 heteroatoms. The number of methoxy groups -OCH3 is 1. The van der Waals surface area contributed by atoms with Crippen LogP contribution in [-0.2, 0) is 0 Å². The van der Waals surface area contributed by atoms with E-state index in [1.807, 2.05) is 6.07 Å². The van der Waals surface area contributed by atoms with Crippen molar-refractivity contribution in [2.75, 3.05) is 18.2 Å². The number of nitrogens with one attached hydrogen (secondary N) is 1. The van der Waals surface area contributed by atoms with Crippen molar-refractivity contribution in [1.82, 2.24) is 0 Å². The van der Waals surface area contributed by atoms with Gasteiger partial charge >= 0.3 is 0 Å². The molecule has 0 bridgehead atoms. The molecule has 0 aliphatic carbocycles. The average molecular weight is 267 g/mol. The number of carbonyl (C=O) groups excluding carboxylic acids is 1. The van der Waals surface area contributed by atoms with E-state index < -0.39 is 0 Å². The Kier molecular flexibility index (Phi) is 3.87. The predicted molar refractivity (Wildman–Crippen MR) is 76.5 cm³/mol. The molecule has 0 unspecified atom stereocenters. The van der Waals surface area contributed by atoms with Crippen LogP contribution in [0.25, 0.3) is 0 Å². The van der Waals surface area contributed by atoms with Gasteiger partial charge in [-0.05, 0) is 36.4 Å². The first-order valence-electron chi connectivity index (χ1n) is 5.89. The molecule has 0 fully saturated rings. The Morgan fingerprint density at radius 3 is 2.55 bits per heavy atom. The van der Waals surface area contributed by atoms with E-state index in [2.05, 4.69) is 5.32 Å². The van der Waals surface area contributed by atoms with E-state index in [1.165, 1.54) is 7.11 Å². The van der Waals surface area contributed by atoms with Crippen molar-refractivity contribution in [3.8, 4) is 11.8 Å². The lowest BCUT2D eigenvalue weighted by Crippen LogP contribution is -2.13. The summed E-state index contributed by atoms with van der Waals surface area (Å²) in [7, 11) is 1.48. The van der Waals surface area contributed by atoms with Gasteiger partial charge in [0.2, 0.25) is 0 Å². The second-order valence-corrected chi connectivity index (χ2v) is 4.07. The van der Waals surface area contributed by atoms with Crippen LogP contribution in [0.4, 0.5) is 11.4 Å². The van der Waals surface area contributed by atoms with Gasteiger partial charge in [-0.15, -0.1) is 0 Å². The van der Waals surface area contributed by atoms with E-state index in [-0.39, 0.29) is 5.91 Å². The van der Waals surface area contributed by atoms with Gasteiger partial charge in [0.15, 0.2) is 0 Å². The number of hydrogen-bond donors (Lipinski definition) is 2. The first kappa shape index (κ1) is 13.4. The normalized spacial score (nSPS) is 9.60. The zero-order valence-corrected chi connectivity index (χ0v) is 10.9. The molecule has 0 aliphatic heterocycles. The number of nitrogens with zero attached hydrogens (tertiary/aromatic N) is 1. The van der Waals surface area contributed by atoms with Gasteiger partial charge in [-0.25, -0.2) is 0 Å². The number of para-hydroxylation sites is 1. The highest BCUT2D eigenvalue weighted by atomic mass is 16.5. The Bertz CT molecular complexity index is 673. The highest BCUT2D eigenvalue weighted by Gasteiger charge is 2.13. The lowest BCUT2D eigenvalue weighted by molar-refractivity contribution is 0.102. The third-order valence-electron chi connectivity index (χ3n) is 2.78. The van der Waals surface area contributed by atoms with Crippen LogP contribution in [0.3, 0.4) is 0 Å². The number of nitrogen functional groups attached to an aromatic ring is 1. The van der Waals surface area contributed by atoms with E-state index in [9.17, 15) is 4.79 Å². The van der Waals surface area contributed by atoms with Crippen LogP contribution in [0.5, 0.6) is 5.75 Å². The second kappa shape index (κ2) is 5.76. The van der Waals surface area contributed by atoms with E-state index in [1.54, 1.807) is 42.5 Å². The first-order valence-corrected chi connectivity index (χ1v) is 5.89. The van der Waals surface area contributed by atoms with Crippen LogP contribution >= 0.6 is 0 Å². The lowest BCUT2D eigenvalue weighted by Gasteiger charge is -2.11. The van der Waals surface area contributed by atoms with Crippen molar-refractivity contribution in [2.45, 2.75) is 0 Å². The Morgan fingerprint density at radius 1 is 1.25 bits per heavy atom. The van der Waals surface area contributed by atoms with Gasteiger partial charge in [-0.2, -0.15) is 5.26 Å². The summed E-state index contributed by atoms with van der Waals surface area (Å²) in [5, 5.41) is 11.8. The molecule has 0 atom stereocenters. The molecule has 0 heterocycles. The highest BCUT2D eigenvalue weighted by molar-refractivity contribution is 6.05. The average Bonchev–Trinajstić information content (AvgIpc) is 2.48. The Labute approximate surface area is 116 Å². The van der Waals surface area contributed by atoms with Gasteiger partial charge < -0.3 is 15.8 Å². The maximum absolute atomic E-state index is 12.1. The summed E-state index contributed by atoms with van der Waals surface area (Å²) in [5.74, 6) is 0.110. The van der Waals surface area contributed by atoms with Crippen LogP contribution in [0.1, 0.15) is 15.9 Å². The Balaban J connectivity index is 2.32. The standard InChI is InChI=1S/C15H13N3O2/c1-20-13-4-2-3-11(9-16)14(13)18-15(19)10-5-7-12(17)8-6-10/h2-8H,17H2,1H3,(H,18,19). The van der Waals surface area contributed by atoms with Gasteiger partial charge in [0.05, 0.1) is 12.7 Å². The molecule has 5 nitrogen and oxygen atoms in total. The summed E-state index contributed by atoms with van der Waals surface area (Å²) in [4.78, 5) is 12.1. The summed E-state index contributed by atoms with van der Waals surface area (Å²) in [6.45, 7) is 0. The molecule has 2 aromatic rings. The minimum absolute atomic E-state index is 0.328. The van der Waals surface area contributed by atoms with Crippen molar-refractivity contribution < 1.29 is 9.53 Å². The van der Waals surface area contributed by atoms with Crippen LogP contribution < -0.4 is 15.8 Å². The van der Waals surface area contributed by atoms with Crippen LogP contribution in [0.15, 0.2) is 42.5 Å². The summed E-state index contributed by atoms with van der Waals surface area (Å²) < 4.78 is 5.16. The number of benzene rings is 2. The number of rotatable bonds is 3. The monoisotopic (exact) mass is 267 g/mol. The minimum Gasteiger partial charge on any atom is -0.495 e. The zero-order valence-electron chi connectivity index (χ0n) is 10.9. The summed E-state index contributed by atoms with van der Waals surface area (Å²) >= 11 is 0. The first-order chi connectivity index (χ1) is 9.65. The van der Waals surface area contributed by atoms with Crippen LogP contribution in [0.2, 0.25) is 0 Å². The third kappa shape index (κ3) is 2.70.